The van der Waals surface area contributed by atoms with E-state index in [4.69, 9.17) is 10.5 Å². The number of benzene rings is 1. The van der Waals surface area contributed by atoms with E-state index >= 15 is 0 Å². The van der Waals surface area contributed by atoms with Crippen molar-refractivity contribution in [2.24, 2.45) is 5.73 Å². The highest BCUT2D eigenvalue weighted by Crippen LogP contribution is 2.23. The van der Waals surface area contributed by atoms with E-state index < -0.39 is 0 Å². The maximum atomic E-state index is 5.70. The Morgan fingerprint density at radius 2 is 1.85 bits per heavy atom. The number of rotatable bonds is 5. The van der Waals surface area contributed by atoms with Gasteiger partial charge in [-0.3, -0.25) is 0 Å². The summed E-state index contributed by atoms with van der Waals surface area (Å²) in [5, 5.41) is 0. The molecule has 5 heteroatoms. The van der Waals surface area contributed by atoms with E-state index in [0.29, 0.717) is 19.1 Å². The van der Waals surface area contributed by atoms with E-state index in [1.165, 1.54) is 0 Å². The Bertz CT molecular complexity index is 567. The van der Waals surface area contributed by atoms with Crippen molar-refractivity contribution in [2.75, 3.05) is 25.6 Å². The first-order chi connectivity index (χ1) is 9.63. The van der Waals surface area contributed by atoms with Gasteiger partial charge in [-0.1, -0.05) is 0 Å². The summed E-state index contributed by atoms with van der Waals surface area (Å²) in [6.45, 7) is 3.03. The number of aromatic nitrogens is 2. The molecule has 1 heterocycles. The van der Waals surface area contributed by atoms with Gasteiger partial charge >= 0.3 is 0 Å². The average molecular weight is 272 g/mol. The maximum absolute atomic E-state index is 5.70. The second-order valence-corrected chi connectivity index (χ2v) is 4.60. The summed E-state index contributed by atoms with van der Waals surface area (Å²) in [4.78, 5) is 10.8. The first-order valence-corrected chi connectivity index (χ1v) is 6.62. The number of hydrogen-bond donors (Lipinski definition) is 1. The SMILES string of the molecule is CCOc1ccc(-c2cc(CN)nc(N(C)C)n2)cc1. The van der Waals surface area contributed by atoms with E-state index in [0.717, 1.165) is 22.7 Å². The summed E-state index contributed by atoms with van der Waals surface area (Å²) in [6, 6.07) is 9.79. The topological polar surface area (TPSA) is 64.3 Å². The molecule has 2 N–H and O–H groups in total. The van der Waals surface area contributed by atoms with Crippen LogP contribution in [0.4, 0.5) is 5.95 Å². The number of nitrogens with zero attached hydrogens (tertiary/aromatic N) is 3. The molecule has 106 valence electrons. The number of nitrogens with two attached hydrogens (primary N) is 1. The Labute approximate surface area is 119 Å². The minimum atomic E-state index is 0.396. The highest BCUT2D eigenvalue weighted by atomic mass is 16.5. The van der Waals surface area contributed by atoms with E-state index in [2.05, 4.69) is 9.97 Å². The zero-order chi connectivity index (χ0) is 14.5. The molecule has 0 fully saturated rings. The lowest BCUT2D eigenvalue weighted by Gasteiger charge is -2.13. The smallest absolute Gasteiger partial charge is 0.225 e. The second-order valence-electron chi connectivity index (χ2n) is 4.60. The molecule has 20 heavy (non-hydrogen) atoms. The van der Waals surface area contributed by atoms with Gasteiger partial charge in [0.25, 0.3) is 0 Å². The quantitative estimate of drug-likeness (QED) is 0.902. The molecule has 2 aromatic rings. The third kappa shape index (κ3) is 3.24. The summed E-state index contributed by atoms with van der Waals surface area (Å²) in [5.41, 5.74) is 8.42. The van der Waals surface area contributed by atoms with E-state index in [1.54, 1.807) is 0 Å². The fraction of sp³-hybridized carbons (Fsp3) is 0.333. The van der Waals surface area contributed by atoms with Gasteiger partial charge < -0.3 is 15.4 Å². The molecule has 0 saturated carbocycles. The lowest BCUT2D eigenvalue weighted by molar-refractivity contribution is 0.340. The summed E-state index contributed by atoms with van der Waals surface area (Å²) >= 11 is 0. The van der Waals surface area contributed by atoms with Gasteiger partial charge in [-0.2, -0.15) is 0 Å². The van der Waals surface area contributed by atoms with Crippen LogP contribution in [0.15, 0.2) is 30.3 Å². The molecule has 0 atom stereocenters. The van der Waals surface area contributed by atoms with Crippen LogP contribution in [-0.2, 0) is 6.54 Å². The molecule has 0 aliphatic carbocycles. The van der Waals surface area contributed by atoms with Crippen LogP contribution < -0.4 is 15.4 Å². The van der Waals surface area contributed by atoms with Crippen LogP contribution in [0.1, 0.15) is 12.6 Å². The van der Waals surface area contributed by atoms with Crippen molar-refractivity contribution in [3.8, 4) is 17.0 Å². The van der Waals surface area contributed by atoms with E-state index in [9.17, 15) is 0 Å². The van der Waals surface area contributed by atoms with Crippen LogP contribution in [0, 0.1) is 0 Å². The first kappa shape index (κ1) is 14.3. The third-order valence-corrected chi connectivity index (χ3v) is 2.84. The largest absolute Gasteiger partial charge is 0.494 e. The van der Waals surface area contributed by atoms with Crippen molar-refractivity contribution in [3.05, 3.63) is 36.0 Å². The molecular formula is C15H20N4O. The highest BCUT2D eigenvalue weighted by Gasteiger charge is 2.07. The summed E-state index contributed by atoms with van der Waals surface area (Å²) in [7, 11) is 3.83. The van der Waals surface area contributed by atoms with Crippen LogP contribution >= 0.6 is 0 Å². The van der Waals surface area contributed by atoms with Gasteiger partial charge in [0.15, 0.2) is 0 Å². The number of hydrogen-bond acceptors (Lipinski definition) is 5. The summed E-state index contributed by atoms with van der Waals surface area (Å²) in [6.07, 6.45) is 0. The van der Waals surface area contributed by atoms with Crippen molar-refractivity contribution >= 4 is 5.95 Å². The van der Waals surface area contributed by atoms with Crippen molar-refractivity contribution in [1.82, 2.24) is 9.97 Å². The molecule has 0 aliphatic heterocycles. The molecule has 1 aromatic carbocycles. The molecule has 0 spiro atoms. The van der Waals surface area contributed by atoms with E-state index in [1.807, 2.05) is 56.3 Å². The predicted molar refractivity (Wildman–Crippen MR) is 80.9 cm³/mol. The van der Waals surface area contributed by atoms with Gasteiger partial charge in [-0.15, -0.1) is 0 Å². The van der Waals surface area contributed by atoms with Gasteiger partial charge in [0.05, 0.1) is 18.0 Å². The average Bonchev–Trinajstić information content (AvgIpc) is 2.47. The molecular weight excluding hydrogens is 252 g/mol. The Morgan fingerprint density at radius 3 is 2.40 bits per heavy atom. The standard InChI is InChI=1S/C15H20N4O/c1-4-20-13-7-5-11(6-8-13)14-9-12(10-16)17-15(18-14)19(2)3/h5-9H,4,10,16H2,1-3H3. The molecule has 0 bridgehead atoms. The predicted octanol–water partition coefficient (Wildman–Crippen LogP) is 2.07. The zero-order valence-corrected chi connectivity index (χ0v) is 12.1. The van der Waals surface area contributed by atoms with Crippen LogP contribution in [0.2, 0.25) is 0 Å². The minimum Gasteiger partial charge on any atom is -0.494 e. The zero-order valence-electron chi connectivity index (χ0n) is 12.1. The fourth-order valence-corrected chi connectivity index (χ4v) is 1.82. The summed E-state index contributed by atoms with van der Waals surface area (Å²) in [5.74, 6) is 1.52. The van der Waals surface area contributed by atoms with Gasteiger partial charge in [0.1, 0.15) is 5.75 Å². The third-order valence-electron chi connectivity index (χ3n) is 2.84. The molecule has 0 amide bonds. The van der Waals surface area contributed by atoms with Crippen molar-refractivity contribution in [3.63, 3.8) is 0 Å². The summed E-state index contributed by atoms with van der Waals surface area (Å²) < 4.78 is 5.44. The monoisotopic (exact) mass is 272 g/mol. The lowest BCUT2D eigenvalue weighted by Crippen LogP contribution is -2.15. The van der Waals surface area contributed by atoms with Gasteiger partial charge in [0.2, 0.25) is 5.95 Å². The van der Waals surface area contributed by atoms with Gasteiger partial charge in [-0.25, -0.2) is 9.97 Å². The second kappa shape index (κ2) is 6.34. The number of anilines is 1. The van der Waals surface area contributed by atoms with Gasteiger partial charge in [0, 0.05) is 26.2 Å². The first-order valence-electron chi connectivity index (χ1n) is 6.62. The minimum absolute atomic E-state index is 0.396. The van der Waals surface area contributed by atoms with Crippen LogP contribution in [0.25, 0.3) is 11.3 Å². The number of ether oxygens (including phenoxy) is 1. The molecule has 5 nitrogen and oxygen atoms in total. The van der Waals surface area contributed by atoms with Crippen LogP contribution in [0.3, 0.4) is 0 Å². The highest BCUT2D eigenvalue weighted by molar-refractivity contribution is 5.62. The Balaban J connectivity index is 2.37. The Kier molecular flexibility index (Phi) is 4.53. The molecule has 0 radical (unpaired) electrons. The fourth-order valence-electron chi connectivity index (χ4n) is 1.82. The molecule has 1 aromatic heterocycles. The van der Waals surface area contributed by atoms with E-state index in [-0.39, 0.29) is 0 Å². The molecule has 2 rings (SSSR count). The van der Waals surface area contributed by atoms with Crippen LogP contribution in [0.5, 0.6) is 5.75 Å². The normalized spacial score (nSPS) is 10.4. The van der Waals surface area contributed by atoms with Crippen molar-refractivity contribution < 1.29 is 4.74 Å². The molecule has 0 aliphatic rings. The lowest BCUT2D eigenvalue weighted by atomic mass is 10.1. The Hall–Kier alpha value is -2.14. The van der Waals surface area contributed by atoms with Gasteiger partial charge in [-0.05, 0) is 37.3 Å². The maximum Gasteiger partial charge on any atom is 0.225 e. The Morgan fingerprint density at radius 1 is 1.15 bits per heavy atom. The van der Waals surface area contributed by atoms with Crippen molar-refractivity contribution in [1.29, 1.82) is 0 Å². The molecule has 0 saturated heterocycles. The van der Waals surface area contributed by atoms with Crippen LogP contribution in [-0.4, -0.2) is 30.7 Å². The molecule has 0 unspecified atom stereocenters. The van der Waals surface area contributed by atoms with Crippen molar-refractivity contribution in [2.45, 2.75) is 13.5 Å².